The molecule has 2 rings (SSSR count). The molecule has 7 nitrogen and oxygen atoms in total. The third kappa shape index (κ3) is 2.73. The Morgan fingerprint density at radius 2 is 2.50 bits per heavy atom. The first-order valence-electron chi connectivity index (χ1n) is 5.88. The summed E-state index contributed by atoms with van der Waals surface area (Å²) in [7, 11) is 0. The Bertz CT molecular complexity index is 642. The molecule has 0 aliphatic heterocycles. The van der Waals surface area contributed by atoms with E-state index < -0.39 is 5.97 Å². The Morgan fingerprint density at radius 1 is 1.70 bits per heavy atom. The van der Waals surface area contributed by atoms with Crippen LogP contribution in [-0.4, -0.2) is 22.8 Å². The number of anilines is 2. The highest BCUT2D eigenvalue weighted by atomic mass is 32.1. The summed E-state index contributed by atoms with van der Waals surface area (Å²) in [5.41, 5.74) is 7.12. The van der Waals surface area contributed by atoms with Crippen LogP contribution in [0.25, 0.3) is 0 Å². The molecular formula is C12H13N5O2S. The number of rotatable bonds is 5. The van der Waals surface area contributed by atoms with Crippen molar-refractivity contribution < 1.29 is 9.53 Å². The van der Waals surface area contributed by atoms with Crippen molar-refractivity contribution >= 4 is 28.0 Å². The van der Waals surface area contributed by atoms with Gasteiger partial charge in [-0.1, -0.05) is 0 Å². The Morgan fingerprint density at radius 3 is 3.10 bits per heavy atom. The van der Waals surface area contributed by atoms with Crippen LogP contribution in [0.4, 0.5) is 10.7 Å². The fourth-order valence-corrected chi connectivity index (χ4v) is 2.52. The van der Waals surface area contributed by atoms with Crippen LogP contribution in [0, 0.1) is 11.3 Å². The smallest absolute Gasteiger partial charge is 0.343 e. The average molecular weight is 291 g/mol. The zero-order valence-corrected chi connectivity index (χ0v) is 11.6. The van der Waals surface area contributed by atoms with Gasteiger partial charge in [-0.25, -0.2) is 4.79 Å². The molecule has 0 saturated carbocycles. The van der Waals surface area contributed by atoms with Gasteiger partial charge in [0, 0.05) is 18.3 Å². The third-order valence-corrected chi connectivity index (χ3v) is 3.60. The second-order valence-corrected chi connectivity index (χ2v) is 4.86. The Hall–Kier alpha value is -2.53. The van der Waals surface area contributed by atoms with Crippen molar-refractivity contribution in [1.82, 2.24) is 10.2 Å². The quantitative estimate of drug-likeness (QED) is 0.722. The number of hydrogen-bond donors (Lipinski definition) is 3. The molecule has 0 aromatic carbocycles. The van der Waals surface area contributed by atoms with Gasteiger partial charge in [0.2, 0.25) is 0 Å². The second kappa shape index (κ2) is 6.08. The lowest BCUT2D eigenvalue weighted by Gasteiger charge is -2.06. The summed E-state index contributed by atoms with van der Waals surface area (Å²) in [5.74, 6) is -0.530. The van der Waals surface area contributed by atoms with Gasteiger partial charge in [0.15, 0.2) is 0 Å². The lowest BCUT2D eigenvalue weighted by molar-refractivity contribution is 0.0529. The molecule has 0 unspecified atom stereocenters. The zero-order chi connectivity index (χ0) is 14.5. The van der Waals surface area contributed by atoms with Crippen molar-refractivity contribution in [2.75, 3.05) is 17.7 Å². The van der Waals surface area contributed by atoms with Crippen LogP contribution >= 0.6 is 11.3 Å². The molecule has 0 atom stereocenters. The maximum Gasteiger partial charge on any atom is 0.343 e. The number of carbonyl (C=O) groups is 1. The van der Waals surface area contributed by atoms with E-state index in [0.717, 1.165) is 16.9 Å². The van der Waals surface area contributed by atoms with Gasteiger partial charge in [-0.3, -0.25) is 5.10 Å². The van der Waals surface area contributed by atoms with Crippen LogP contribution in [0.15, 0.2) is 12.4 Å². The fraction of sp³-hybridized carbons (Fsp3) is 0.250. The predicted molar refractivity (Wildman–Crippen MR) is 75.3 cm³/mol. The molecule has 2 aromatic rings. The molecule has 0 saturated heterocycles. The maximum absolute atomic E-state index is 11.9. The largest absolute Gasteiger partial charge is 0.462 e. The average Bonchev–Trinajstić information content (AvgIpc) is 3.04. The maximum atomic E-state index is 11.9. The van der Waals surface area contributed by atoms with Crippen LogP contribution in [0.2, 0.25) is 0 Å². The Kier molecular flexibility index (Phi) is 4.22. The number of H-pyrrole nitrogens is 1. The number of nitrogens with one attached hydrogen (secondary N) is 2. The molecule has 0 fully saturated rings. The van der Waals surface area contributed by atoms with E-state index in [4.69, 9.17) is 15.7 Å². The first kappa shape index (κ1) is 13.9. The van der Waals surface area contributed by atoms with Crippen LogP contribution < -0.4 is 11.1 Å². The van der Waals surface area contributed by atoms with E-state index >= 15 is 0 Å². The molecule has 0 spiro atoms. The number of hydrogen-bond acceptors (Lipinski definition) is 7. The molecule has 2 heterocycles. The topological polar surface area (TPSA) is 117 Å². The summed E-state index contributed by atoms with van der Waals surface area (Å²) in [4.78, 5) is 12.2. The lowest BCUT2D eigenvalue weighted by atomic mass is 10.2. The molecule has 0 aliphatic rings. The Balaban J connectivity index is 2.26. The minimum absolute atomic E-state index is 0.158. The molecule has 0 amide bonds. The monoisotopic (exact) mass is 291 g/mol. The molecule has 0 bridgehead atoms. The van der Waals surface area contributed by atoms with Gasteiger partial charge >= 0.3 is 5.97 Å². The minimum atomic E-state index is -0.530. The van der Waals surface area contributed by atoms with E-state index in [9.17, 15) is 4.79 Å². The summed E-state index contributed by atoms with van der Waals surface area (Å²) in [5, 5.41) is 19.1. The van der Waals surface area contributed by atoms with Gasteiger partial charge in [0.05, 0.1) is 18.5 Å². The number of nitrogens with two attached hydrogens (primary N) is 1. The van der Waals surface area contributed by atoms with Gasteiger partial charge in [-0.05, 0) is 6.92 Å². The molecule has 4 N–H and O–H groups in total. The second-order valence-electron chi connectivity index (χ2n) is 3.84. The van der Waals surface area contributed by atoms with Gasteiger partial charge in [-0.2, -0.15) is 10.4 Å². The van der Waals surface area contributed by atoms with E-state index in [0.29, 0.717) is 16.4 Å². The highest BCUT2D eigenvalue weighted by Gasteiger charge is 2.23. The first-order chi connectivity index (χ1) is 9.67. The van der Waals surface area contributed by atoms with E-state index in [1.165, 1.54) is 0 Å². The number of thiophene rings is 1. The Labute approximate surface area is 119 Å². The molecule has 0 aliphatic carbocycles. The van der Waals surface area contributed by atoms with Crippen LogP contribution in [0.1, 0.15) is 27.7 Å². The van der Waals surface area contributed by atoms with Crippen molar-refractivity contribution in [3.8, 4) is 6.07 Å². The standard InChI is InChI=1S/C12H13N5O2S/c1-2-19-12(18)9-10(14)8(3-13)20-11(9)15-4-7-5-16-17-6-7/h5-6,15H,2,4,14H2,1H3,(H,16,17). The van der Waals surface area contributed by atoms with Crippen molar-refractivity contribution in [3.63, 3.8) is 0 Å². The summed E-state index contributed by atoms with van der Waals surface area (Å²) < 4.78 is 4.96. The van der Waals surface area contributed by atoms with Gasteiger partial charge in [-0.15, -0.1) is 11.3 Å². The van der Waals surface area contributed by atoms with Crippen molar-refractivity contribution in [3.05, 3.63) is 28.4 Å². The summed E-state index contributed by atoms with van der Waals surface area (Å²) in [6.07, 6.45) is 3.40. The molecule has 2 aromatic heterocycles. The van der Waals surface area contributed by atoms with Crippen molar-refractivity contribution in [2.24, 2.45) is 0 Å². The van der Waals surface area contributed by atoms with Gasteiger partial charge in [0.25, 0.3) is 0 Å². The SMILES string of the molecule is CCOC(=O)c1c(NCc2cn[nH]c2)sc(C#N)c1N. The molecule has 20 heavy (non-hydrogen) atoms. The zero-order valence-electron chi connectivity index (χ0n) is 10.8. The number of aromatic amines is 1. The minimum Gasteiger partial charge on any atom is -0.462 e. The van der Waals surface area contributed by atoms with Gasteiger partial charge < -0.3 is 15.8 Å². The van der Waals surface area contributed by atoms with Crippen molar-refractivity contribution in [2.45, 2.75) is 13.5 Å². The summed E-state index contributed by atoms with van der Waals surface area (Å²) in [6, 6.07) is 1.97. The molecule has 0 radical (unpaired) electrons. The first-order valence-corrected chi connectivity index (χ1v) is 6.70. The van der Waals surface area contributed by atoms with Crippen LogP contribution in [-0.2, 0) is 11.3 Å². The van der Waals surface area contributed by atoms with Crippen molar-refractivity contribution in [1.29, 1.82) is 5.26 Å². The highest BCUT2D eigenvalue weighted by Crippen LogP contribution is 2.36. The number of nitriles is 1. The molecule has 8 heteroatoms. The van der Waals surface area contributed by atoms with E-state index in [1.54, 1.807) is 19.3 Å². The molecule has 104 valence electrons. The number of esters is 1. The fourth-order valence-electron chi connectivity index (χ4n) is 1.61. The van der Waals surface area contributed by atoms with E-state index in [2.05, 4.69) is 15.5 Å². The van der Waals surface area contributed by atoms with Crippen LogP contribution in [0.3, 0.4) is 0 Å². The van der Waals surface area contributed by atoms with E-state index in [-0.39, 0.29) is 17.9 Å². The summed E-state index contributed by atoms with van der Waals surface area (Å²) in [6.45, 7) is 2.43. The van der Waals surface area contributed by atoms with Crippen LogP contribution in [0.5, 0.6) is 0 Å². The number of aromatic nitrogens is 2. The number of ether oxygens (including phenoxy) is 1. The highest BCUT2D eigenvalue weighted by molar-refractivity contribution is 7.17. The number of carbonyl (C=O) groups excluding carboxylic acids is 1. The predicted octanol–water partition coefficient (Wildman–Crippen LogP) is 1.71. The normalized spacial score (nSPS) is 10.0. The van der Waals surface area contributed by atoms with Gasteiger partial charge in [0.1, 0.15) is 21.5 Å². The third-order valence-electron chi connectivity index (χ3n) is 2.53. The number of nitrogens with zero attached hydrogens (tertiary/aromatic N) is 2. The van der Waals surface area contributed by atoms with E-state index in [1.807, 2.05) is 6.07 Å². The lowest BCUT2D eigenvalue weighted by Crippen LogP contribution is -2.09. The summed E-state index contributed by atoms with van der Waals surface area (Å²) >= 11 is 1.13. The molecular weight excluding hydrogens is 278 g/mol. The number of nitrogen functional groups attached to an aromatic ring is 1.